The van der Waals surface area contributed by atoms with Crippen molar-refractivity contribution in [3.05, 3.63) is 71.9 Å². The van der Waals surface area contributed by atoms with Crippen molar-refractivity contribution in [2.24, 2.45) is 5.92 Å². The largest absolute Gasteiger partial charge is 0.375 e. The van der Waals surface area contributed by atoms with Crippen LogP contribution in [-0.2, 0) is 17.8 Å². The Labute approximate surface area is 183 Å². The quantitative estimate of drug-likeness (QED) is 0.527. The predicted octanol–water partition coefficient (Wildman–Crippen LogP) is 4.66. The first-order valence-electron chi connectivity index (χ1n) is 11.0. The minimum Gasteiger partial charge on any atom is -0.375 e. The number of aromatic nitrogens is 1. The number of piperidine rings is 1. The Morgan fingerprint density at radius 3 is 2.71 bits per heavy atom. The summed E-state index contributed by atoms with van der Waals surface area (Å²) < 4.78 is 7.66. The van der Waals surface area contributed by atoms with Gasteiger partial charge in [0, 0.05) is 24.5 Å². The molecular formula is C26H29N3O2. The van der Waals surface area contributed by atoms with Gasteiger partial charge in [-0.15, -0.1) is 0 Å². The minimum absolute atomic E-state index is 0.0426. The maximum atomic E-state index is 12.3. The van der Waals surface area contributed by atoms with Gasteiger partial charge in [0.1, 0.15) is 0 Å². The second kappa shape index (κ2) is 9.91. The number of rotatable bonds is 7. The summed E-state index contributed by atoms with van der Waals surface area (Å²) in [6, 6.07) is 22.7. The molecule has 1 aliphatic rings. The highest BCUT2D eigenvalue weighted by atomic mass is 16.5. The van der Waals surface area contributed by atoms with E-state index in [2.05, 4.69) is 35.2 Å². The summed E-state index contributed by atoms with van der Waals surface area (Å²) in [5, 5.41) is 10.8. The third kappa shape index (κ3) is 5.04. The number of nitriles is 1. The number of likely N-dealkylation sites (tertiary alicyclic amines) is 1. The first kappa shape index (κ1) is 21.3. The zero-order valence-corrected chi connectivity index (χ0v) is 18.0. The van der Waals surface area contributed by atoms with E-state index >= 15 is 0 Å². The molecule has 0 radical (unpaired) electrons. The highest BCUT2D eigenvalue weighted by molar-refractivity contribution is 5.92. The molecule has 1 aromatic heterocycles. The van der Waals surface area contributed by atoms with E-state index in [1.54, 1.807) is 6.92 Å². The molecule has 0 N–H and O–H groups in total. The van der Waals surface area contributed by atoms with Crippen molar-refractivity contribution in [2.75, 3.05) is 19.7 Å². The van der Waals surface area contributed by atoms with E-state index in [4.69, 9.17) is 4.74 Å². The molecule has 3 aromatic rings. The van der Waals surface area contributed by atoms with Crippen LogP contribution in [0.4, 0.5) is 0 Å². The molecule has 5 nitrogen and oxygen atoms in total. The monoisotopic (exact) mass is 415 g/mol. The van der Waals surface area contributed by atoms with Crippen LogP contribution in [0.15, 0.2) is 60.7 Å². The molecule has 5 heteroatoms. The summed E-state index contributed by atoms with van der Waals surface area (Å²) in [7, 11) is 0. The first-order valence-corrected chi connectivity index (χ1v) is 11.0. The van der Waals surface area contributed by atoms with Crippen LogP contribution in [0.1, 0.15) is 35.8 Å². The van der Waals surface area contributed by atoms with Gasteiger partial charge in [-0.05, 0) is 49.4 Å². The van der Waals surface area contributed by atoms with Crippen LogP contribution in [0.25, 0.3) is 10.9 Å². The van der Waals surface area contributed by atoms with Gasteiger partial charge in [-0.2, -0.15) is 5.26 Å². The number of nitrogens with zero attached hydrogens (tertiary/aromatic N) is 3. The summed E-state index contributed by atoms with van der Waals surface area (Å²) in [5.74, 6) is 0.439. The smallest absolute Gasteiger partial charge is 0.228 e. The number of hydrogen-bond donors (Lipinski definition) is 0. The van der Waals surface area contributed by atoms with E-state index in [0.717, 1.165) is 48.9 Å². The number of hydrogen-bond acceptors (Lipinski definition) is 4. The van der Waals surface area contributed by atoms with Crippen molar-refractivity contribution in [3.8, 4) is 6.07 Å². The van der Waals surface area contributed by atoms with Gasteiger partial charge < -0.3 is 4.74 Å². The standard InChI is InChI=1S/C26H29N3O2/c1-20(30)29-24(17-23-9-5-6-10-26(23)29)15-22-11-12-28(25(16-22)18-27)13-14-31-19-21-7-3-2-4-8-21/h2-10,17,22,25H,11-16,19H2,1H3/t22-,25+/m0/s1. The van der Waals surface area contributed by atoms with Crippen LogP contribution in [0, 0.1) is 17.2 Å². The SMILES string of the molecule is CC(=O)n1c(C[C@@H]2CCN(CCOCc3ccccc3)[C@@H](C#N)C2)cc2ccccc21. The Kier molecular flexibility index (Phi) is 6.81. The Balaban J connectivity index is 1.34. The van der Waals surface area contributed by atoms with Crippen molar-refractivity contribution in [2.45, 2.75) is 38.8 Å². The molecule has 2 aromatic carbocycles. The third-order valence-electron chi connectivity index (χ3n) is 6.21. The van der Waals surface area contributed by atoms with Crippen LogP contribution >= 0.6 is 0 Å². The summed E-state index contributed by atoms with van der Waals surface area (Å²) in [6.45, 7) is 4.50. The van der Waals surface area contributed by atoms with E-state index in [9.17, 15) is 10.1 Å². The lowest BCUT2D eigenvalue weighted by Gasteiger charge is -2.36. The van der Waals surface area contributed by atoms with Crippen LogP contribution in [0.3, 0.4) is 0 Å². The molecule has 0 unspecified atom stereocenters. The van der Waals surface area contributed by atoms with E-state index in [-0.39, 0.29) is 11.9 Å². The molecule has 1 fully saturated rings. The maximum absolute atomic E-state index is 12.3. The summed E-state index contributed by atoms with van der Waals surface area (Å²) in [4.78, 5) is 14.5. The van der Waals surface area contributed by atoms with Gasteiger partial charge in [0.25, 0.3) is 0 Å². The molecule has 2 heterocycles. The number of carbonyl (C=O) groups is 1. The molecule has 160 valence electrons. The molecule has 31 heavy (non-hydrogen) atoms. The predicted molar refractivity (Wildman–Crippen MR) is 122 cm³/mol. The highest BCUT2D eigenvalue weighted by Crippen LogP contribution is 2.29. The van der Waals surface area contributed by atoms with Crippen LogP contribution in [0.5, 0.6) is 0 Å². The molecule has 0 amide bonds. The minimum atomic E-state index is -0.103. The Hall–Kier alpha value is -2.94. The molecule has 0 bridgehead atoms. The fraction of sp³-hybridized carbons (Fsp3) is 0.385. The van der Waals surface area contributed by atoms with Gasteiger partial charge in [0.2, 0.25) is 5.91 Å². The van der Waals surface area contributed by atoms with E-state index in [1.807, 2.05) is 41.0 Å². The molecule has 1 saturated heterocycles. The summed E-state index contributed by atoms with van der Waals surface area (Å²) in [6.07, 6.45) is 2.68. The zero-order valence-electron chi connectivity index (χ0n) is 18.0. The summed E-state index contributed by atoms with van der Waals surface area (Å²) in [5.41, 5.74) is 3.18. The van der Waals surface area contributed by atoms with Gasteiger partial charge in [-0.1, -0.05) is 48.5 Å². The molecular weight excluding hydrogens is 386 g/mol. The fourth-order valence-electron chi connectivity index (χ4n) is 4.65. The molecule has 0 saturated carbocycles. The fourth-order valence-corrected chi connectivity index (χ4v) is 4.65. The Bertz CT molecular complexity index is 1070. The molecule has 1 aliphatic heterocycles. The van der Waals surface area contributed by atoms with Crippen LogP contribution in [0.2, 0.25) is 0 Å². The molecule has 4 rings (SSSR count). The van der Waals surface area contributed by atoms with Crippen LogP contribution in [-0.4, -0.2) is 41.1 Å². The molecule has 0 spiro atoms. The first-order chi connectivity index (χ1) is 15.2. The topological polar surface area (TPSA) is 58.3 Å². The highest BCUT2D eigenvalue weighted by Gasteiger charge is 2.29. The number of carbonyl (C=O) groups excluding carboxylic acids is 1. The van der Waals surface area contributed by atoms with E-state index in [0.29, 0.717) is 19.1 Å². The van der Waals surface area contributed by atoms with Gasteiger partial charge in [-0.3, -0.25) is 14.3 Å². The van der Waals surface area contributed by atoms with Gasteiger partial charge >= 0.3 is 0 Å². The number of ether oxygens (including phenoxy) is 1. The lowest BCUT2D eigenvalue weighted by Crippen LogP contribution is -2.43. The lowest BCUT2D eigenvalue weighted by atomic mass is 9.87. The number of fused-ring (bicyclic) bond motifs is 1. The van der Waals surface area contributed by atoms with Gasteiger partial charge in [0.05, 0.1) is 30.8 Å². The van der Waals surface area contributed by atoms with Gasteiger partial charge in [0.15, 0.2) is 0 Å². The Morgan fingerprint density at radius 2 is 1.94 bits per heavy atom. The van der Waals surface area contributed by atoms with Crippen LogP contribution < -0.4 is 0 Å². The van der Waals surface area contributed by atoms with E-state index < -0.39 is 0 Å². The van der Waals surface area contributed by atoms with Crippen molar-refractivity contribution in [1.29, 1.82) is 5.26 Å². The van der Waals surface area contributed by atoms with Crippen molar-refractivity contribution in [3.63, 3.8) is 0 Å². The van der Waals surface area contributed by atoms with Crippen molar-refractivity contribution in [1.82, 2.24) is 9.47 Å². The van der Waals surface area contributed by atoms with Crippen molar-refractivity contribution >= 4 is 16.8 Å². The number of para-hydroxylation sites is 1. The number of benzene rings is 2. The second-order valence-electron chi connectivity index (χ2n) is 8.36. The van der Waals surface area contributed by atoms with Gasteiger partial charge in [-0.25, -0.2) is 0 Å². The zero-order chi connectivity index (χ0) is 21.6. The molecule has 2 atom stereocenters. The Morgan fingerprint density at radius 1 is 1.16 bits per heavy atom. The third-order valence-corrected chi connectivity index (χ3v) is 6.21. The lowest BCUT2D eigenvalue weighted by molar-refractivity contribution is 0.0654. The maximum Gasteiger partial charge on any atom is 0.228 e. The van der Waals surface area contributed by atoms with E-state index in [1.165, 1.54) is 5.56 Å². The second-order valence-corrected chi connectivity index (χ2v) is 8.36. The van der Waals surface area contributed by atoms with Crippen molar-refractivity contribution < 1.29 is 9.53 Å². The molecule has 0 aliphatic carbocycles. The summed E-state index contributed by atoms with van der Waals surface area (Å²) >= 11 is 0. The average Bonchev–Trinajstić information content (AvgIpc) is 3.16. The normalized spacial score (nSPS) is 19.4. The average molecular weight is 416 g/mol.